The summed E-state index contributed by atoms with van der Waals surface area (Å²) in [6.07, 6.45) is 2.54. The Hall–Kier alpha value is -1.13. The Morgan fingerprint density at radius 3 is 3.06 bits per heavy atom. The van der Waals surface area contributed by atoms with E-state index >= 15 is 0 Å². The molecule has 98 valence electrons. The summed E-state index contributed by atoms with van der Waals surface area (Å²) in [4.78, 5) is 18.2. The molecule has 0 aliphatic carbocycles. The topological polar surface area (TPSA) is 45.2 Å². The van der Waals surface area contributed by atoms with E-state index < -0.39 is 0 Å². The lowest BCUT2D eigenvalue weighted by Gasteiger charge is -2.35. The maximum absolute atomic E-state index is 12.1. The first-order chi connectivity index (χ1) is 8.56. The average molecular weight is 268 g/mol. The van der Waals surface area contributed by atoms with Crippen molar-refractivity contribution in [3.05, 3.63) is 29.0 Å². The Balaban J connectivity index is 1.99. The van der Waals surface area contributed by atoms with E-state index in [2.05, 4.69) is 29.2 Å². The van der Waals surface area contributed by atoms with Crippen molar-refractivity contribution < 1.29 is 4.79 Å². The van der Waals surface area contributed by atoms with Gasteiger partial charge in [-0.25, -0.2) is 4.98 Å². The van der Waals surface area contributed by atoms with E-state index in [9.17, 15) is 4.79 Å². The molecule has 18 heavy (non-hydrogen) atoms. The number of hydrogen-bond acceptors (Lipinski definition) is 3. The molecule has 5 heteroatoms. The van der Waals surface area contributed by atoms with Gasteiger partial charge in [0.1, 0.15) is 5.15 Å². The van der Waals surface area contributed by atoms with Crippen molar-refractivity contribution in [3.8, 4) is 0 Å². The van der Waals surface area contributed by atoms with Gasteiger partial charge in [-0.3, -0.25) is 4.79 Å². The Bertz CT molecular complexity index is 438. The van der Waals surface area contributed by atoms with Crippen LogP contribution in [0, 0.1) is 5.92 Å². The van der Waals surface area contributed by atoms with Crippen molar-refractivity contribution in [2.24, 2.45) is 5.92 Å². The zero-order chi connectivity index (χ0) is 13.1. The average Bonchev–Trinajstić information content (AvgIpc) is 2.32. The molecule has 0 spiro atoms. The fraction of sp³-hybridized carbons (Fsp3) is 0.538. The number of nitrogens with one attached hydrogen (secondary N) is 1. The molecular formula is C13H18ClN3O. The normalized spacial score (nSPS) is 24.8. The minimum absolute atomic E-state index is 0.0688. The second kappa shape index (κ2) is 5.67. The maximum Gasteiger partial charge on any atom is 0.251 e. The fourth-order valence-corrected chi connectivity index (χ4v) is 2.54. The largest absolute Gasteiger partial charge is 0.349 e. The molecule has 2 unspecified atom stereocenters. The number of pyridine rings is 1. The third-order valence-corrected chi connectivity index (χ3v) is 3.62. The van der Waals surface area contributed by atoms with Crippen LogP contribution in [0.1, 0.15) is 23.7 Å². The lowest BCUT2D eigenvalue weighted by atomic mass is 9.94. The molecule has 2 heterocycles. The maximum atomic E-state index is 12.1. The zero-order valence-corrected chi connectivity index (χ0v) is 11.4. The van der Waals surface area contributed by atoms with E-state index in [0.29, 0.717) is 16.6 Å². The summed E-state index contributed by atoms with van der Waals surface area (Å²) < 4.78 is 0. The molecule has 1 aromatic rings. The van der Waals surface area contributed by atoms with Gasteiger partial charge in [0.2, 0.25) is 0 Å². The molecule has 2 rings (SSSR count). The predicted octanol–water partition coefficient (Wildman–Crippen LogP) is 1.80. The highest BCUT2D eigenvalue weighted by atomic mass is 35.5. The highest BCUT2D eigenvalue weighted by Gasteiger charge is 2.25. The molecule has 1 N–H and O–H groups in total. The van der Waals surface area contributed by atoms with Crippen LogP contribution in [0.25, 0.3) is 0 Å². The van der Waals surface area contributed by atoms with Crippen molar-refractivity contribution in [3.63, 3.8) is 0 Å². The van der Waals surface area contributed by atoms with Crippen LogP contribution in [0.2, 0.25) is 5.15 Å². The summed E-state index contributed by atoms with van der Waals surface area (Å²) in [5.74, 6) is 0.394. The van der Waals surface area contributed by atoms with Gasteiger partial charge in [-0.2, -0.15) is 0 Å². The fourth-order valence-electron chi connectivity index (χ4n) is 2.36. The monoisotopic (exact) mass is 267 g/mol. The quantitative estimate of drug-likeness (QED) is 0.832. The van der Waals surface area contributed by atoms with Crippen LogP contribution in [0.4, 0.5) is 0 Å². The van der Waals surface area contributed by atoms with E-state index in [4.69, 9.17) is 11.6 Å². The van der Waals surface area contributed by atoms with Crippen LogP contribution in [-0.4, -0.2) is 42.0 Å². The number of hydrogen-bond donors (Lipinski definition) is 1. The molecule has 0 saturated carbocycles. The standard InChI is InChI=1S/C13H18ClN3O/c1-9-8-17(2)6-4-11(9)16-13(18)10-3-5-15-12(14)7-10/h3,5,7,9,11H,4,6,8H2,1-2H3,(H,16,18). The van der Waals surface area contributed by atoms with E-state index in [1.165, 1.54) is 0 Å². The van der Waals surface area contributed by atoms with Gasteiger partial charge in [0.05, 0.1) is 0 Å². The van der Waals surface area contributed by atoms with Crippen molar-refractivity contribution >= 4 is 17.5 Å². The lowest BCUT2D eigenvalue weighted by Crippen LogP contribution is -2.48. The summed E-state index contributed by atoms with van der Waals surface area (Å²) in [7, 11) is 2.11. The summed E-state index contributed by atoms with van der Waals surface area (Å²) in [6, 6.07) is 3.51. The number of carbonyl (C=O) groups is 1. The van der Waals surface area contributed by atoms with E-state index in [0.717, 1.165) is 19.5 Å². The molecule has 0 aromatic carbocycles. The van der Waals surface area contributed by atoms with Gasteiger partial charge in [-0.05, 0) is 38.1 Å². The van der Waals surface area contributed by atoms with Crippen LogP contribution in [0.15, 0.2) is 18.3 Å². The second-order valence-corrected chi connectivity index (χ2v) is 5.36. The third kappa shape index (κ3) is 3.21. The lowest BCUT2D eigenvalue weighted by molar-refractivity contribution is 0.0883. The van der Waals surface area contributed by atoms with Crippen molar-refractivity contribution in [1.29, 1.82) is 0 Å². The molecule has 1 amide bonds. The van der Waals surface area contributed by atoms with E-state index in [1.807, 2.05) is 0 Å². The molecular weight excluding hydrogens is 250 g/mol. The van der Waals surface area contributed by atoms with Crippen LogP contribution in [0.5, 0.6) is 0 Å². The zero-order valence-electron chi connectivity index (χ0n) is 10.7. The van der Waals surface area contributed by atoms with Gasteiger partial charge < -0.3 is 10.2 Å². The Morgan fingerprint density at radius 2 is 2.39 bits per heavy atom. The predicted molar refractivity (Wildman–Crippen MR) is 71.8 cm³/mol. The molecule has 1 aliphatic heterocycles. The molecule has 0 bridgehead atoms. The highest BCUT2D eigenvalue weighted by Crippen LogP contribution is 2.16. The molecule has 2 atom stereocenters. The van der Waals surface area contributed by atoms with Crippen LogP contribution < -0.4 is 5.32 Å². The minimum Gasteiger partial charge on any atom is -0.349 e. The number of amides is 1. The van der Waals surface area contributed by atoms with Gasteiger partial charge in [0.15, 0.2) is 0 Å². The summed E-state index contributed by atoms with van der Waals surface area (Å²) >= 11 is 5.78. The molecule has 1 saturated heterocycles. The van der Waals surface area contributed by atoms with Gasteiger partial charge in [-0.15, -0.1) is 0 Å². The smallest absolute Gasteiger partial charge is 0.251 e. The molecule has 1 aliphatic rings. The molecule has 1 fully saturated rings. The first-order valence-corrected chi connectivity index (χ1v) is 6.55. The summed E-state index contributed by atoms with van der Waals surface area (Å²) in [5.41, 5.74) is 0.570. The van der Waals surface area contributed by atoms with Gasteiger partial charge in [0, 0.05) is 24.3 Å². The minimum atomic E-state index is -0.0688. The Kier molecular flexibility index (Phi) is 4.19. The van der Waals surface area contributed by atoms with Gasteiger partial charge in [0.25, 0.3) is 5.91 Å². The number of nitrogens with zero attached hydrogens (tertiary/aromatic N) is 2. The Morgan fingerprint density at radius 1 is 1.61 bits per heavy atom. The number of halogens is 1. The first-order valence-electron chi connectivity index (χ1n) is 6.17. The van der Waals surface area contributed by atoms with E-state index in [-0.39, 0.29) is 11.9 Å². The first kappa shape index (κ1) is 13.3. The second-order valence-electron chi connectivity index (χ2n) is 4.98. The molecule has 4 nitrogen and oxygen atoms in total. The van der Waals surface area contributed by atoms with Crippen LogP contribution in [-0.2, 0) is 0 Å². The number of aromatic nitrogens is 1. The van der Waals surface area contributed by atoms with Crippen LogP contribution in [0.3, 0.4) is 0 Å². The number of carbonyl (C=O) groups excluding carboxylic acids is 1. The van der Waals surface area contributed by atoms with Crippen molar-refractivity contribution in [2.75, 3.05) is 20.1 Å². The van der Waals surface area contributed by atoms with E-state index in [1.54, 1.807) is 18.3 Å². The number of piperidine rings is 1. The number of likely N-dealkylation sites (tertiary alicyclic amines) is 1. The molecule has 1 aromatic heterocycles. The highest BCUT2D eigenvalue weighted by molar-refractivity contribution is 6.29. The van der Waals surface area contributed by atoms with Crippen molar-refractivity contribution in [1.82, 2.24) is 15.2 Å². The Labute approximate surface area is 112 Å². The summed E-state index contributed by atoms with van der Waals surface area (Å²) in [5, 5.41) is 3.43. The molecule has 0 radical (unpaired) electrons. The van der Waals surface area contributed by atoms with Gasteiger partial charge in [-0.1, -0.05) is 18.5 Å². The van der Waals surface area contributed by atoms with Gasteiger partial charge >= 0.3 is 0 Å². The van der Waals surface area contributed by atoms with Crippen LogP contribution >= 0.6 is 11.6 Å². The number of rotatable bonds is 2. The third-order valence-electron chi connectivity index (χ3n) is 3.41. The van der Waals surface area contributed by atoms with Crippen molar-refractivity contribution in [2.45, 2.75) is 19.4 Å². The SMILES string of the molecule is CC1CN(C)CCC1NC(=O)c1ccnc(Cl)c1. The summed E-state index contributed by atoms with van der Waals surface area (Å²) in [6.45, 7) is 4.20.